The first-order valence-electron chi connectivity index (χ1n) is 16.9. The van der Waals surface area contributed by atoms with Crippen LogP contribution in [-0.2, 0) is 37.6 Å². The van der Waals surface area contributed by atoms with E-state index < -0.39 is 0 Å². The van der Waals surface area contributed by atoms with Gasteiger partial charge >= 0.3 is 0 Å². The average molecular weight is 632 g/mol. The van der Waals surface area contributed by atoms with Gasteiger partial charge in [0.1, 0.15) is 23.0 Å². The molecule has 7 heterocycles. The highest BCUT2D eigenvalue weighted by Gasteiger charge is 2.32. The van der Waals surface area contributed by atoms with E-state index in [2.05, 4.69) is 44.9 Å². The summed E-state index contributed by atoms with van der Waals surface area (Å²) in [7, 11) is 1.76. The number of rotatable bonds is 7. The van der Waals surface area contributed by atoms with Crippen LogP contribution in [0.15, 0.2) is 59.8 Å². The largest absolute Gasteiger partial charge is 0.378 e. The molecule has 1 fully saturated rings. The maximum atomic E-state index is 13.9. The number of aryl methyl sites for hydroxylation is 2. The molecule has 0 saturated carbocycles. The molecule has 1 N–H and O–H groups in total. The number of amides is 1. The Balaban J connectivity index is 1.05. The minimum absolute atomic E-state index is 0.0108. The molecule has 1 saturated heterocycles. The lowest BCUT2D eigenvalue weighted by Crippen LogP contribution is -2.50. The highest BCUT2D eigenvalue weighted by atomic mass is 16.5. The van der Waals surface area contributed by atoms with Crippen molar-refractivity contribution in [3.05, 3.63) is 93.4 Å². The molecule has 8 rings (SSSR count). The quantitative estimate of drug-likeness (QED) is 0.308. The van der Waals surface area contributed by atoms with Crippen LogP contribution in [-0.4, -0.2) is 68.8 Å². The zero-order valence-electron chi connectivity index (χ0n) is 27.2. The fraction of sp³-hybridized carbons (Fsp3) is 0.405. The topological polar surface area (TPSA) is 97.5 Å². The Bertz CT molecular complexity index is 1940. The van der Waals surface area contributed by atoms with E-state index in [1.54, 1.807) is 17.8 Å². The number of nitrogens with zero attached hydrogens (tertiary/aromatic N) is 6. The summed E-state index contributed by atoms with van der Waals surface area (Å²) in [6, 6.07) is 10.5. The van der Waals surface area contributed by atoms with Crippen molar-refractivity contribution >= 4 is 28.8 Å². The van der Waals surface area contributed by atoms with Gasteiger partial charge in [-0.3, -0.25) is 19.4 Å². The standard InChI is InChI=1S/C37H41N7O3/c1-3-29-30(10-13-38-35(29)44-17-16-43-32-7-5-4-6-25(32)19-33(43)37(44)46)27-18-31(36(45)41(2)21-27)40-34-9-8-26(20-39-34)24-11-14-42(15-12-24)28-22-47-23-28/h8-11,13,18-21,28H,3-7,12,14-17,22-23H2,1-2H3,(H,39,40). The second-order valence-electron chi connectivity index (χ2n) is 13.1. The van der Waals surface area contributed by atoms with Crippen molar-refractivity contribution < 1.29 is 9.53 Å². The van der Waals surface area contributed by atoms with Crippen molar-refractivity contribution in [3.63, 3.8) is 0 Å². The van der Waals surface area contributed by atoms with E-state index in [1.807, 2.05) is 35.5 Å². The molecule has 3 aliphatic heterocycles. The summed E-state index contributed by atoms with van der Waals surface area (Å²) < 4.78 is 9.19. The molecular weight excluding hydrogens is 590 g/mol. The Morgan fingerprint density at radius 1 is 0.979 bits per heavy atom. The van der Waals surface area contributed by atoms with E-state index in [9.17, 15) is 9.59 Å². The van der Waals surface area contributed by atoms with Gasteiger partial charge in [0.05, 0.1) is 19.3 Å². The molecule has 242 valence electrons. The van der Waals surface area contributed by atoms with E-state index >= 15 is 0 Å². The lowest BCUT2D eigenvalue weighted by Gasteiger charge is -2.38. The van der Waals surface area contributed by atoms with Crippen LogP contribution in [0, 0.1) is 0 Å². The zero-order chi connectivity index (χ0) is 32.1. The summed E-state index contributed by atoms with van der Waals surface area (Å²) in [6.07, 6.45) is 13.9. The number of carbonyl (C=O) groups is 1. The predicted octanol–water partition coefficient (Wildman–Crippen LogP) is 4.98. The van der Waals surface area contributed by atoms with Gasteiger partial charge in [-0.25, -0.2) is 9.97 Å². The second kappa shape index (κ2) is 12.2. The van der Waals surface area contributed by atoms with Crippen LogP contribution in [0.3, 0.4) is 0 Å². The minimum atomic E-state index is -0.141. The smallest absolute Gasteiger partial charge is 0.276 e. The first kappa shape index (κ1) is 29.8. The molecular formula is C37H41N7O3. The van der Waals surface area contributed by atoms with E-state index in [1.165, 1.54) is 29.7 Å². The molecule has 47 heavy (non-hydrogen) atoms. The number of carbonyl (C=O) groups excluding carboxylic acids is 1. The van der Waals surface area contributed by atoms with Crippen LogP contribution in [0.4, 0.5) is 17.3 Å². The molecule has 1 aliphatic carbocycles. The Kier molecular flexibility index (Phi) is 7.77. The molecule has 0 aromatic carbocycles. The molecule has 10 nitrogen and oxygen atoms in total. The second-order valence-corrected chi connectivity index (χ2v) is 13.1. The summed E-state index contributed by atoms with van der Waals surface area (Å²) in [5.41, 5.74) is 8.97. The highest BCUT2D eigenvalue weighted by Crippen LogP contribution is 2.35. The molecule has 4 aliphatic rings. The number of anilines is 3. The van der Waals surface area contributed by atoms with Crippen molar-refractivity contribution in [2.45, 2.75) is 58.0 Å². The van der Waals surface area contributed by atoms with Crippen molar-refractivity contribution in [1.29, 1.82) is 0 Å². The van der Waals surface area contributed by atoms with Crippen LogP contribution < -0.4 is 15.8 Å². The van der Waals surface area contributed by atoms with Crippen LogP contribution in [0.1, 0.15) is 59.1 Å². The summed E-state index contributed by atoms with van der Waals surface area (Å²) in [5, 5.41) is 3.28. The van der Waals surface area contributed by atoms with Crippen molar-refractivity contribution in [1.82, 2.24) is 24.0 Å². The van der Waals surface area contributed by atoms with E-state index in [-0.39, 0.29) is 11.5 Å². The summed E-state index contributed by atoms with van der Waals surface area (Å²) in [4.78, 5) is 40.9. The summed E-state index contributed by atoms with van der Waals surface area (Å²) in [5.74, 6) is 1.32. The van der Waals surface area contributed by atoms with Gasteiger partial charge in [0.2, 0.25) is 0 Å². The molecule has 1 amide bonds. The number of aromatic nitrogens is 4. The maximum absolute atomic E-state index is 13.9. The number of ether oxygens (including phenoxy) is 1. The zero-order valence-corrected chi connectivity index (χ0v) is 27.2. The molecule has 0 bridgehead atoms. The normalized spacial score (nSPS) is 18.4. The van der Waals surface area contributed by atoms with Crippen molar-refractivity contribution in [2.75, 3.05) is 43.1 Å². The Hall–Kier alpha value is -4.54. The predicted molar refractivity (Wildman–Crippen MR) is 183 cm³/mol. The molecule has 4 aromatic heterocycles. The number of pyridine rings is 3. The lowest BCUT2D eigenvalue weighted by molar-refractivity contribution is -0.0612. The third kappa shape index (κ3) is 5.39. The van der Waals surface area contributed by atoms with Crippen molar-refractivity contribution in [2.24, 2.45) is 7.05 Å². The SMILES string of the molecule is CCc1c(-c2cc(Nc3ccc(C4=CCN(C5COC5)CC4)cn3)c(=O)n(C)c2)ccnc1N1CCn2c(cc3c2CCCC3)C1=O. The third-order valence-corrected chi connectivity index (χ3v) is 10.3. The number of hydrogen-bond acceptors (Lipinski definition) is 7. The van der Waals surface area contributed by atoms with Gasteiger partial charge in [-0.05, 0) is 91.1 Å². The Morgan fingerprint density at radius 3 is 2.60 bits per heavy atom. The highest BCUT2D eigenvalue weighted by molar-refractivity contribution is 6.06. The lowest BCUT2D eigenvalue weighted by atomic mass is 9.98. The molecule has 10 heteroatoms. The van der Waals surface area contributed by atoms with Gasteiger partial charge in [-0.15, -0.1) is 0 Å². The molecule has 4 aromatic rings. The van der Waals surface area contributed by atoms with Gasteiger partial charge in [-0.1, -0.05) is 13.0 Å². The van der Waals surface area contributed by atoms with E-state index in [0.29, 0.717) is 36.3 Å². The maximum Gasteiger partial charge on any atom is 0.276 e. The van der Waals surface area contributed by atoms with Gasteiger partial charge in [-0.2, -0.15) is 0 Å². The number of nitrogens with one attached hydrogen (secondary N) is 1. The monoisotopic (exact) mass is 631 g/mol. The van der Waals surface area contributed by atoms with Crippen LogP contribution >= 0.6 is 0 Å². The number of hydrogen-bond donors (Lipinski definition) is 1. The molecule has 0 radical (unpaired) electrons. The molecule has 0 unspecified atom stereocenters. The minimum Gasteiger partial charge on any atom is -0.378 e. The Morgan fingerprint density at radius 2 is 1.85 bits per heavy atom. The molecule has 0 atom stereocenters. The summed E-state index contributed by atoms with van der Waals surface area (Å²) >= 11 is 0. The first-order chi connectivity index (χ1) is 23.0. The van der Waals surface area contributed by atoms with Gasteiger partial charge in [0.25, 0.3) is 11.5 Å². The van der Waals surface area contributed by atoms with Crippen LogP contribution in [0.2, 0.25) is 0 Å². The first-order valence-corrected chi connectivity index (χ1v) is 16.9. The summed E-state index contributed by atoms with van der Waals surface area (Å²) in [6.45, 7) is 7.09. The van der Waals surface area contributed by atoms with E-state index in [0.717, 1.165) is 80.1 Å². The number of fused-ring (bicyclic) bond motifs is 3. The van der Waals surface area contributed by atoms with E-state index in [4.69, 9.17) is 9.72 Å². The molecule has 0 spiro atoms. The van der Waals surface area contributed by atoms with Gasteiger partial charge < -0.3 is 19.2 Å². The van der Waals surface area contributed by atoms with Gasteiger partial charge in [0.15, 0.2) is 0 Å². The van der Waals surface area contributed by atoms with Crippen LogP contribution in [0.25, 0.3) is 16.7 Å². The van der Waals surface area contributed by atoms with Crippen molar-refractivity contribution in [3.8, 4) is 11.1 Å². The fourth-order valence-electron chi connectivity index (χ4n) is 7.63. The van der Waals surface area contributed by atoms with Crippen LogP contribution in [0.5, 0.6) is 0 Å². The Labute approximate surface area is 274 Å². The van der Waals surface area contributed by atoms with Gasteiger partial charge in [0, 0.05) is 68.6 Å². The fourth-order valence-corrected chi connectivity index (χ4v) is 7.63. The average Bonchev–Trinajstić information content (AvgIpc) is 3.46. The third-order valence-electron chi connectivity index (χ3n) is 10.3.